The van der Waals surface area contributed by atoms with E-state index in [4.69, 9.17) is 10.5 Å². The van der Waals surface area contributed by atoms with Gasteiger partial charge in [-0.15, -0.1) is 35.0 Å². The molecule has 39 heavy (non-hydrogen) atoms. The number of benzene rings is 1. The maximum absolute atomic E-state index is 14.1. The average Bonchev–Trinajstić information content (AvgIpc) is 3.41. The molecule has 1 fully saturated rings. The molecule has 16 heteroatoms. The van der Waals surface area contributed by atoms with Gasteiger partial charge in [0.15, 0.2) is 18.1 Å². The van der Waals surface area contributed by atoms with Crippen LogP contribution in [0.3, 0.4) is 0 Å². The third-order valence-corrected chi connectivity index (χ3v) is 6.01. The summed E-state index contributed by atoms with van der Waals surface area (Å²) in [5, 5.41) is 8.15. The van der Waals surface area contributed by atoms with Crippen LogP contribution in [0.1, 0.15) is 18.0 Å². The van der Waals surface area contributed by atoms with Crippen LogP contribution >= 0.6 is 24.8 Å². The first-order valence-electron chi connectivity index (χ1n) is 11.1. The smallest absolute Gasteiger partial charge is 0.422 e. The highest BCUT2D eigenvalue weighted by Gasteiger charge is 2.46. The minimum atomic E-state index is -4.66. The molecule has 0 bridgehead atoms. The fourth-order valence-electron chi connectivity index (χ4n) is 4.46. The van der Waals surface area contributed by atoms with Crippen molar-refractivity contribution in [1.29, 1.82) is 0 Å². The van der Waals surface area contributed by atoms with Crippen LogP contribution in [0.15, 0.2) is 42.6 Å². The second-order valence-electron chi connectivity index (χ2n) is 8.78. The van der Waals surface area contributed by atoms with Gasteiger partial charge in [-0.2, -0.15) is 26.3 Å². The largest absolute Gasteiger partial charge is 0.482 e. The Morgan fingerprint density at radius 2 is 1.77 bits per heavy atom. The van der Waals surface area contributed by atoms with E-state index in [-0.39, 0.29) is 77.6 Å². The monoisotopic (exact) mass is 600 g/mol. The number of halogens is 9. The molecule has 0 unspecified atom stereocenters. The first-order valence-corrected chi connectivity index (χ1v) is 11.1. The number of likely N-dealkylation sites (tertiary alicyclic amines) is 1. The summed E-state index contributed by atoms with van der Waals surface area (Å²) in [6.07, 6.45) is -7.55. The molecule has 5 rings (SSSR count). The first kappa shape index (κ1) is 30.6. The van der Waals surface area contributed by atoms with Gasteiger partial charge in [-0.3, -0.25) is 9.30 Å². The fraction of sp³-hybridized carbons (Fsp3) is 0.348. The highest BCUT2D eigenvalue weighted by molar-refractivity contribution is 5.86. The maximum atomic E-state index is 14.1. The number of nitrogens with zero attached hydrogens (tertiary/aromatic N) is 5. The number of rotatable bonds is 5. The molecule has 7 nitrogen and oxygen atoms in total. The van der Waals surface area contributed by atoms with Crippen molar-refractivity contribution in [2.24, 2.45) is 5.73 Å². The summed E-state index contributed by atoms with van der Waals surface area (Å²) in [5.41, 5.74) is 6.01. The highest BCUT2D eigenvalue weighted by atomic mass is 35.5. The Bertz CT molecular complexity index is 1460. The standard InChI is InChI=1S/C23H19F7N6O.2ClH/c24-14-7-12-1-3-16(32-19(12)17(8-14)37-11-22(25,26)27)21-34-33-18-4-2-13(9-36(18)21)20(23(28,29)30)35-6-5-15(31)10-35;;/h1-4,7-9,15,20H,5-6,10-11,31H2;2*1H/t15-,20+;;/m0../s1. The number of nitrogens with two attached hydrogens (primary N) is 1. The van der Waals surface area contributed by atoms with Gasteiger partial charge in [-0.25, -0.2) is 9.37 Å². The van der Waals surface area contributed by atoms with Gasteiger partial charge in [0.05, 0.1) is 0 Å². The van der Waals surface area contributed by atoms with Crippen LogP contribution in [0.5, 0.6) is 5.75 Å². The van der Waals surface area contributed by atoms with Gasteiger partial charge in [0, 0.05) is 36.8 Å². The molecule has 1 aromatic carbocycles. The lowest BCUT2D eigenvalue weighted by Gasteiger charge is -2.30. The molecule has 0 amide bonds. The summed E-state index contributed by atoms with van der Waals surface area (Å²) in [6.45, 7) is -1.39. The van der Waals surface area contributed by atoms with Gasteiger partial charge in [-0.05, 0) is 30.2 Å². The minimum absolute atomic E-state index is 0. The zero-order chi connectivity index (χ0) is 26.5. The SMILES string of the molecule is Cl.Cl.N[C@H]1CCN([C@H](c2ccc3nnc(-c4ccc5cc(F)cc(OCC(F)(F)F)c5n4)n3c2)C(F)(F)F)C1. The van der Waals surface area contributed by atoms with Crippen molar-refractivity contribution in [1.82, 2.24) is 24.5 Å². The van der Waals surface area contributed by atoms with Crippen molar-refractivity contribution in [3.63, 3.8) is 0 Å². The van der Waals surface area contributed by atoms with E-state index in [1.807, 2.05) is 0 Å². The van der Waals surface area contributed by atoms with Gasteiger partial charge < -0.3 is 10.5 Å². The second kappa shape index (κ2) is 11.3. The molecule has 1 saturated heterocycles. The Morgan fingerprint density at radius 1 is 1.03 bits per heavy atom. The number of pyridine rings is 2. The van der Waals surface area contributed by atoms with Crippen molar-refractivity contribution in [2.75, 3.05) is 19.7 Å². The molecule has 0 spiro atoms. The van der Waals surface area contributed by atoms with Gasteiger partial charge >= 0.3 is 12.4 Å². The maximum Gasteiger partial charge on any atom is 0.422 e. The lowest BCUT2D eigenvalue weighted by atomic mass is 10.1. The van der Waals surface area contributed by atoms with Gasteiger partial charge in [-0.1, -0.05) is 12.1 Å². The van der Waals surface area contributed by atoms with E-state index in [2.05, 4.69) is 15.2 Å². The van der Waals surface area contributed by atoms with E-state index in [0.717, 1.165) is 12.1 Å². The summed E-state index contributed by atoms with van der Waals surface area (Å²) in [7, 11) is 0. The van der Waals surface area contributed by atoms with Crippen molar-refractivity contribution in [3.05, 3.63) is 54.0 Å². The number of hydrogen-bond acceptors (Lipinski definition) is 6. The van der Waals surface area contributed by atoms with Crippen molar-refractivity contribution in [2.45, 2.75) is 30.9 Å². The minimum Gasteiger partial charge on any atom is -0.482 e. The first-order chi connectivity index (χ1) is 17.4. The van der Waals surface area contributed by atoms with E-state index < -0.39 is 36.6 Å². The van der Waals surface area contributed by atoms with Gasteiger partial charge in [0.25, 0.3) is 0 Å². The molecule has 2 atom stereocenters. The van der Waals surface area contributed by atoms with Crippen molar-refractivity contribution < 1.29 is 35.5 Å². The van der Waals surface area contributed by atoms with Crippen molar-refractivity contribution >= 4 is 41.4 Å². The number of ether oxygens (including phenoxy) is 1. The lowest BCUT2D eigenvalue weighted by molar-refractivity contribution is -0.183. The van der Waals surface area contributed by atoms with Crippen LogP contribution in [0.4, 0.5) is 30.7 Å². The molecular formula is C23H21Cl2F7N6O. The molecule has 2 N–H and O–H groups in total. The van der Waals surface area contributed by atoms with E-state index in [9.17, 15) is 30.7 Å². The molecular weight excluding hydrogens is 580 g/mol. The molecule has 0 radical (unpaired) electrons. The normalized spacial score (nSPS) is 17.2. The molecule has 0 aliphatic carbocycles. The zero-order valence-corrected chi connectivity index (χ0v) is 21.3. The molecule has 212 valence electrons. The van der Waals surface area contributed by atoms with E-state index in [0.29, 0.717) is 6.42 Å². The summed E-state index contributed by atoms with van der Waals surface area (Å²) >= 11 is 0. The Balaban J connectivity index is 0.00000210. The van der Waals surface area contributed by atoms with Gasteiger partial charge in [0.2, 0.25) is 0 Å². The van der Waals surface area contributed by atoms with E-state index in [1.54, 1.807) is 0 Å². The van der Waals surface area contributed by atoms with Crippen LogP contribution in [0.25, 0.3) is 28.1 Å². The molecule has 0 saturated carbocycles. The summed E-state index contributed by atoms with van der Waals surface area (Å²) in [5.74, 6) is -1.22. The third-order valence-electron chi connectivity index (χ3n) is 6.01. The molecule has 1 aliphatic heterocycles. The summed E-state index contributed by atoms with van der Waals surface area (Å²) < 4.78 is 100. The molecule has 4 aromatic rings. The topological polar surface area (TPSA) is 81.6 Å². The number of alkyl halides is 6. The highest BCUT2D eigenvalue weighted by Crippen LogP contribution is 2.39. The van der Waals surface area contributed by atoms with Crippen LogP contribution in [0, 0.1) is 5.82 Å². The lowest BCUT2D eigenvalue weighted by Crippen LogP contribution is -2.38. The zero-order valence-electron chi connectivity index (χ0n) is 19.7. The Kier molecular flexibility index (Phi) is 8.85. The van der Waals surface area contributed by atoms with E-state index in [1.165, 1.54) is 39.8 Å². The van der Waals surface area contributed by atoms with E-state index >= 15 is 0 Å². The molecule has 4 heterocycles. The molecule has 1 aliphatic rings. The average molecular weight is 601 g/mol. The Labute approximate surface area is 229 Å². The van der Waals surface area contributed by atoms with Crippen LogP contribution < -0.4 is 10.5 Å². The van der Waals surface area contributed by atoms with Gasteiger partial charge in [0.1, 0.15) is 28.8 Å². The predicted molar refractivity (Wildman–Crippen MR) is 133 cm³/mol. The third kappa shape index (κ3) is 6.45. The predicted octanol–water partition coefficient (Wildman–Crippen LogP) is 5.50. The van der Waals surface area contributed by atoms with Crippen LogP contribution in [-0.2, 0) is 0 Å². The fourth-order valence-corrected chi connectivity index (χ4v) is 4.46. The Morgan fingerprint density at radius 3 is 2.41 bits per heavy atom. The Hall–Kier alpha value is -2.94. The summed E-state index contributed by atoms with van der Waals surface area (Å²) in [6, 6.07) is 5.09. The van der Waals surface area contributed by atoms with Crippen LogP contribution in [0.2, 0.25) is 0 Å². The summed E-state index contributed by atoms with van der Waals surface area (Å²) in [4.78, 5) is 5.56. The number of fused-ring (bicyclic) bond motifs is 2. The second-order valence-corrected chi connectivity index (χ2v) is 8.78. The molecule has 3 aromatic heterocycles. The number of aromatic nitrogens is 4. The van der Waals surface area contributed by atoms with Crippen LogP contribution in [-0.4, -0.2) is 62.6 Å². The quantitative estimate of drug-likeness (QED) is 0.304. The van der Waals surface area contributed by atoms with Crippen molar-refractivity contribution in [3.8, 4) is 17.3 Å². The number of hydrogen-bond donors (Lipinski definition) is 1.